The van der Waals surface area contributed by atoms with E-state index in [0.29, 0.717) is 5.56 Å². The van der Waals surface area contributed by atoms with Gasteiger partial charge in [-0.2, -0.15) is 18.3 Å². The van der Waals surface area contributed by atoms with Gasteiger partial charge in [0.15, 0.2) is 5.03 Å². The Labute approximate surface area is 115 Å². The lowest BCUT2D eigenvalue weighted by Crippen LogP contribution is -2.30. The van der Waals surface area contributed by atoms with E-state index in [1.54, 1.807) is 0 Å². The van der Waals surface area contributed by atoms with Crippen molar-refractivity contribution in [2.75, 3.05) is 6.54 Å². The fourth-order valence-electron chi connectivity index (χ4n) is 1.37. The van der Waals surface area contributed by atoms with Crippen LogP contribution in [-0.2, 0) is 16.6 Å². The number of nitrogens with one attached hydrogen (secondary N) is 3. The van der Waals surface area contributed by atoms with E-state index in [-0.39, 0.29) is 17.6 Å². The third-order valence-corrected chi connectivity index (χ3v) is 3.82. The second kappa shape index (κ2) is 6.55. The van der Waals surface area contributed by atoms with Gasteiger partial charge in [0.05, 0.1) is 12.6 Å². The first-order chi connectivity index (χ1) is 9.12. The lowest BCUT2D eigenvalue weighted by molar-refractivity contribution is -0.132. The largest absolute Gasteiger partial charge is 0.390 e. The molecule has 116 valence electrons. The molecule has 1 aromatic rings. The third kappa shape index (κ3) is 5.47. The van der Waals surface area contributed by atoms with Crippen LogP contribution in [0.4, 0.5) is 13.2 Å². The highest BCUT2D eigenvalue weighted by Gasteiger charge is 2.28. The number of sulfonamides is 1. The summed E-state index contributed by atoms with van der Waals surface area (Å²) >= 11 is 0. The van der Waals surface area contributed by atoms with Crippen LogP contribution in [0, 0.1) is 0 Å². The Balaban J connectivity index is 2.70. The Bertz CT molecular complexity index is 525. The number of aromatic amines is 1. The smallest absolute Gasteiger partial charge is 0.310 e. The minimum absolute atomic E-state index is 0.138. The van der Waals surface area contributed by atoms with E-state index in [1.165, 1.54) is 6.20 Å². The highest BCUT2D eigenvalue weighted by molar-refractivity contribution is 7.89. The average Bonchev–Trinajstić information content (AvgIpc) is 2.72. The lowest BCUT2D eigenvalue weighted by Gasteiger charge is -2.10. The molecular weight excluding hydrogens is 297 g/mol. The Morgan fingerprint density at radius 3 is 2.60 bits per heavy atom. The van der Waals surface area contributed by atoms with Crippen LogP contribution in [-0.4, -0.2) is 37.4 Å². The molecule has 0 saturated carbocycles. The van der Waals surface area contributed by atoms with E-state index in [1.807, 2.05) is 18.6 Å². The van der Waals surface area contributed by atoms with Gasteiger partial charge in [-0.05, 0) is 0 Å². The molecule has 10 heteroatoms. The summed E-state index contributed by atoms with van der Waals surface area (Å²) < 4.78 is 61.6. The molecule has 0 atom stereocenters. The first kappa shape index (κ1) is 16.9. The highest BCUT2D eigenvalue weighted by atomic mass is 32.2. The second-order valence-corrected chi connectivity index (χ2v) is 6.23. The summed E-state index contributed by atoms with van der Waals surface area (Å²) in [5, 5.41) is 8.71. The zero-order valence-electron chi connectivity index (χ0n) is 11.1. The van der Waals surface area contributed by atoms with Crippen LogP contribution in [0.25, 0.3) is 0 Å². The second-order valence-electron chi connectivity index (χ2n) is 4.52. The SMILES string of the molecule is CC(C)NCc1cn[nH]c1S(=O)(=O)NCCC(F)(F)F. The summed E-state index contributed by atoms with van der Waals surface area (Å²) in [6, 6.07) is 0.138. The third-order valence-electron chi connectivity index (χ3n) is 2.35. The maximum absolute atomic E-state index is 12.0. The number of hydrogen-bond donors (Lipinski definition) is 3. The zero-order chi connectivity index (χ0) is 15.4. The van der Waals surface area contributed by atoms with Crippen LogP contribution in [0.3, 0.4) is 0 Å². The number of H-pyrrole nitrogens is 1. The minimum Gasteiger partial charge on any atom is -0.310 e. The molecule has 0 aliphatic carbocycles. The van der Waals surface area contributed by atoms with Crippen molar-refractivity contribution in [3.05, 3.63) is 11.8 Å². The molecule has 0 radical (unpaired) electrons. The molecule has 1 heterocycles. The van der Waals surface area contributed by atoms with Crippen molar-refractivity contribution in [2.24, 2.45) is 0 Å². The van der Waals surface area contributed by atoms with Gasteiger partial charge in [0.2, 0.25) is 0 Å². The molecular formula is C10H17F3N4O2S. The first-order valence-corrected chi connectivity index (χ1v) is 7.42. The van der Waals surface area contributed by atoms with Crippen molar-refractivity contribution >= 4 is 10.0 Å². The Hall–Kier alpha value is -1.13. The summed E-state index contributed by atoms with van der Waals surface area (Å²) in [6.07, 6.45) is -4.30. The molecule has 0 amide bonds. The van der Waals surface area contributed by atoms with Gasteiger partial charge in [-0.1, -0.05) is 13.8 Å². The quantitative estimate of drug-likeness (QED) is 0.704. The van der Waals surface area contributed by atoms with E-state index in [9.17, 15) is 21.6 Å². The summed E-state index contributed by atoms with van der Waals surface area (Å²) in [4.78, 5) is 0. The lowest BCUT2D eigenvalue weighted by atomic mass is 10.3. The average molecular weight is 314 g/mol. The summed E-state index contributed by atoms with van der Waals surface area (Å²) in [5.74, 6) is 0. The van der Waals surface area contributed by atoms with Gasteiger partial charge in [-0.3, -0.25) is 5.10 Å². The highest BCUT2D eigenvalue weighted by Crippen LogP contribution is 2.19. The fourth-order valence-corrected chi connectivity index (χ4v) is 2.53. The van der Waals surface area contributed by atoms with E-state index < -0.39 is 29.2 Å². The number of hydrogen-bond acceptors (Lipinski definition) is 4. The van der Waals surface area contributed by atoms with E-state index >= 15 is 0 Å². The van der Waals surface area contributed by atoms with Gasteiger partial charge in [-0.15, -0.1) is 0 Å². The van der Waals surface area contributed by atoms with Crippen LogP contribution in [0.1, 0.15) is 25.8 Å². The predicted octanol–water partition coefficient (Wildman–Crippen LogP) is 1.14. The van der Waals surface area contributed by atoms with Crippen molar-refractivity contribution in [2.45, 2.75) is 44.1 Å². The Morgan fingerprint density at radius 2 is 2.05 bits per heavy atom. The maximum atomic E-state index is 12.0. The minimum atomic E-state index is -4.40. The monoisotopic (exact) mass is 314 g/mol. The molecule has 0 unspecified atom stereocenters. The van der Waals surface area contributed by atoms with E-state index in [4.69, 9.17) is 0 Å². The molecule has 0 aliphatic heterocycles. The summed E-state index contributed by atoms with van der Waals surface area (Å²) in [5.41, 5.74) is 0.373. The molecule has 0 aliphatic rings. The normalized spacial score (nSPS) is 13.1. The molecule has 0 fully saturated rings. The van der Waals surface area contributed by atoms with Gasteiger partial charge >= 0.3 is 6.18 Å². The number of alkyl halides is 3. The predicted molar refractivity (Wildman–Crippen MR) is 66.4 cm³/mol. The molecule has 20 heavy (non-hydrogen) atoms. The summed E-state index contributed by atoms with van der Waals surface area (Å²) in [6.45, 7) is 3.32. The Morgan fingerprint density at radius 1 is 1.40 bits per heavy atom. The van der Waals surface area contributed by atoms with Crippen LogP contribution >= 0.6 is 0 Å². The van der Waals surface area contributed by atoms with Gasteiger partial charge in [-0.25, -0.2) is 13.1 Å². The Kier molecular flexibility index (Phi) is 5.54. The molecule has 0 bridgehead atoms. The van der Waals surface area contributed by atoms with Gasteiger partial charge < -0.3 is 5.32 Å². The number of rotatable bonds is 7. The molecule has 1 rings (SSSR count). The topological polar surface area (TPSA) is 86.9 Å². The number of halogens is 3. The van der Waals surface area contributed by atoms with Crippen LogP contribution in [0.5, 0.6) is 0 Å². The van der Waals surface area contributed by atoms with Gasteiger partial charge in [0.25, 0.3) is 10.0 Å². The molecule has 0 saturated heterocycles. The van der Waals surface area contributed by atoms with E-state index in [2.05, 4.69) is 15.5 Å². The van der Waals surface area contributed by atoms with Crippen LogP contribution in [0.2, 0.25) is 0 Å². The van der Waals surface area contributed by atoms with E-state index in [0.717, 1.165) is 0 Å². The molecule has 1 aromatic heterocycles. The van der Waals surface area contributed by atoms with Gasteiger partial charge in [0, 0.05) is 24.7 Å². The molecule has 3 N–H and O–H groups in total. The zero-order valence-corrected chi connectivity index (χ0v) is 11.9. The van der Waals surface area contributed by atoms with Crippen molar-refractivity contribution in [1.82, 2.24) is 20.2 Å². The fraction of sp³-hybridized carbons (Fsp3) is 0.700. The maximum Gasteiger partial charge on any atom is 0.390 e. The molecule has 6 nitrogen and oxygen atoms in total. The number of nitrogens with zero attached hydrogens (tertiary/aromatic N) is 1. The standard InChI is InChI=1S/C10H17F3N4O2S/c1-7(2)14-5-8-6-15-17-9(8)20(18,19)16-4-3-10(11,12)13/h6-7,14,16H,3-5H2,1-2H3,(H,15,17). The van der Waals surface area contributed by atoms with Crippen LogP contribution < -0.4 is 10.0 Å². The summed E-state index contributed by atoms with van der Waals surface area (Å²) in [7, 11) is -4.03. The van der Waals surface area contributed by atoms with Crippen molar-refractivity contribution in [1.29, 1.82) is 0 Å². The van der Waals surface area contributed by atoms with Crippen molar-refractivity contribution < 1.29 is 21.6 Å². The van der Waals surface area contributed by atoms with Crippen LogP contribution in [0.15, 0.2) is 11.2 Å². The molecule has 0 spiro atoms. The first-order valence-electron chi connectivity index (χ1n) is 5.94. The van der Waals surface area contributed by atoms with Crippen molar-refractivity contribution in [3.8, 4) is 0 Å². The molecule has 0 aromatic carbocycles. The number of aromatic nitrogens is 2. The van der Waals surface area contributed by atoms with Gasteiger partial charge in [0.1, 0.15) is 0 Å². The van der Waals surface area contributed by atoms with Crippen molar-refractivity contribution in [3.63, 3.8) is 0 Å².